The maximum atomic E-state index is 13.8. The number of carbonyl (C=O) groups is 7. The lowest BCUT2D eigenvalue weighted by atomic mass is 9.39. The van der Waals surface area contributed by atoms with Crippen LogP contribution in [0, 0.1) is 29.1 Å². The number of carboxylic acids is 2. The number of aromatic nitrogens is 4. The number of hydrogen-bond donors (Lipinski definition) is 7. The predicted molar refractivity (Wildman–Crippen MR) is 334 cm³/mol. The van der Waals surface area contributed by atoms with Crippen LogP contribution in [0.3, 0.4) is 0 Å². The van der Waals surface area contributed by atoms with Gasteiger partial charge in [-0.15, -0.1) is 0 Å². The third-order valence-corrected chi connectivity index (χ3v) is 20.1. The van der Waals surface area contributed by atoms with Crippen molar-refractivity contribution in [3.05, 3.63) is 130 Å². The molecule has 7 N–H and O–H groups in total. The second-order valence-corrected chi connectivity index (χ2v) is 27.6. The Morgan fingerprint density at radius 1 is 0.859 bits per heavy atom. The fourth-order valence-electron chi connectivity index (χ4n) is 15.9. The van der Waals surface area contributed by atoms with Gasteiger partial charge in [-0.2, -0.15) is 5.10 Å². The van der Waals surface area contributed by atoms with Crippen molar-refractivity contribution < 1.29 is 78.0 Å². The van der Waals surface area contributed by atoms with Crippen molar-refractivity contribution in [2.45, 2.75) is 141 Å². The van der Waals surface area contributed by atoms with E-state index in [0.29, 0.717) is 77.7 Å². The minimum atomic E-state index is -1.96. The molecule has 3 amide bonds. The first-order valence-corrected chi connectivity index (χ1v) is 31.8. The topological polar surface area (TPSA) is 332 Å². The highest BCUT2D eigenvalue weighted by molar-refractivity contribution is 7.22. The van der Waals surface area contributed by atoms with Crippen LogP contribution < -0.4 is 20.3 Å². The molecule has 4 bridgehead atoms. The molecule has 25 heteroatoms. The zero-order valence-electron chi connectivity index (χ0n) is 51.5. The highest BCUT2D eigenvalue weighted by Crippen LogP contribution is 2.72. The summed E-state index contributed by atoms with van der Waals surface area (Å²) in [4.78, 5) is 102. The number of aliphatic hydroxyl groups is 3. The van der Waals surface area contributed by atoms with E-state index >= 15 is 0 Å². The molecule has 5 fully saturated rings. The summed E-state index contributed by atoms with van der Waals surface area (Å²) in [5.74, 6) is -4.87. The van der Waals surface area contributed by atoms with Crippen molar-refractivity contribution >= 4 is 73.9 Å². The Hall–Kier alpha value is -8.46. The fourth-order valence-corrected chi connectivity index (χ4v) is 16.8. The van der Waals surface area contributed by atoms with Crippen LogP contribution in [0.5, 0.6) is 5.75 Å². The number of thiazole rings is 1. The number of benzene rings is 3. The zero-order chi connectivity index (χ0) is 65.0. The highest BCUT2D eigenvalue weighted by atomic mass is 32.1. The van der Waals surface area contributed by atoms with E-state index < -0.39 is 77.7 Å². The van der Waals surface area contributed by atoms with Crippen LogP contribution in [-0.4, -0.2) is 161 Å². The Bertz CT molecular complexity index is 3890. The molecule has 24 nitrogen and oxygen atoms in total. The maximum absolute atomic E-state index is 13.8. The van der Waals surface area contributed by atoms with Gasteiger partial charge in [-0.25, -0.2) is 24.4 Å². The molecule has 2 aliphatic heterocycles. The number of carboxylic acid groups (broad SMARTS) is 2. The van der Waals surface area contributed by atoms with E-state index in [4.69, 9.17) is 29.0 Å². The van der Waals surface area contributed by atoms with Crippen molar-refractivity contribution in [2.24, 2.45) is 22.2 Å². The molecule has 5 heterocycles. The second-order valence-electron chi connectivity index (χ2n) is 26.6. The van der Waals surface area contributed by atoms with Gasteiger partial charge in [-0.3, -0.25) is 29.2 Å². The molecule has 0 spiro atoms. The molecule has 4 saturated carbocycles. The average Bonchev–Trinajstić information content (AvgIpc) is 0.947. The number of nitrogens with one attached hydrogen (secondary N) is 2. The van der Waals surface area contributed by atoms with Crippen LogP contribution in [0.15, 0.2) is 91.1 Å². The molecule has 1 saturated heterocycles. The number of pyridine rings is 1. The maximum Gasteiger partial charge on any atom is 0.409 e. The molecule has 7 atom stereocenters. The summed E-state index contributed by atoms with van der Waals surface area (Å²) in [6.07, 6.45) is 0.386. The van der Waals surface area contributed by atoms with E-state index in [2.05, 4.69) is 29.5 Å². The Kier molecular flexibility index (Phi) is 17.4. The molecule has 484 valence electrons. The monoisotopic (exact) mass is 1280 g/mol. The Labute approximate surface area is 533 Å². The summed E-state index contributed by atoms with van der Waals surface area (Å²) in [5, 5.41) is 63.3. The first-order valence-electron chi connectivity index (χ1n) is 30.9. The predicted octanol–water partition coefficient (Wildman–Crippen LogP) is 6.81. The van der Waals surface area contributed by atoms with Crippen LogP contribution in [0.1, 0.15) is 114 Å². The number of rotatable bonds is 22. The SMILES string of the molecule is Cc1c(-c2ccc(N3CCc4cccc(C(=O)Nc5nc6ccccc6s5)c4C3)nc2C(=O)O)cnn1CC12CC3(C)CC(C)(C1)CC(OCCN(C)C(=O)OCc1ccc(CCCNC(=O)CC4C(=O)C=CC4=O)cc1OC1O[C@H](C(=O)O)[C@@H](O)[C@H](O)[C@H]1O)(C3)C2. The lowest BCUT2D eigenvalue weighted by Crippen LogP contribution is -2.64. The van der Waals surface area contributed by atoms with E-state index in [1.165, 1.54) is 16.2 Å². The Morgan fingerprint density at radius 3 is 2.36 bits per heavy atom. The van der Waals surface area contributed by atoms with Crippen LogP contribution in [0.25, 0.3) is 21.3 Å². The number of hydrogen-bond acceptors (Lipinski definition) is 19. The number of carbonyl (C=O) groups excluding carboxylic acids is 5. The van der Waals surface area contributed by atoms with Gasteiger partial charge >= 0.3 is 18.0 Å². The zero-order valence-corrected chi connectivity index (χ0v) is 52.3. The third-order valence-electron chi connectivity index (χ3n) is 19.1. The number of likely N-dealkylation sites (N-methyl/N-ethyl adjacent to an activating group) is 1. The van der Waals surface area contributed by atoms with Crippen LogP contribution in [0.4, 0.5) is 15.7 Å². The first-order chi connectivity index (χ1) is 43.9. The van der Waals surface area contributed by atoms with Gasteiger partial charge in [0.25, 0.3) is 5.91 Å². The number of allylic oxidation sites excluding steroid dienone is 2. The Morgan fingerprint density at radius 2 is 1.62 bits per heavy atom. The number of aliphatic hydroxyl groups excluding tert-OH is 3. The average molecular weight is 1280 g/mol. The van der Waals surface area contributed by atoms with Gasteiger partial charge < -0.3 is 59.6 Å². The van der Waals surface area contributed by atoms with Gasteiger partial charge in [0, 0.05) is 74.1 Å². The smallest absolute Gasteiger partial charge is 0.409 e. The number of anilines is 2. The van der Waals surface area contributed by atoms with Crippen LogP contribution >= 0.6 is 11.3 Å². The number of aromatic carboxylic acids is 1. The molecule has 7 aliphatic rings. The van der Waals surface area contributed by atoms with Gasteiger partial charge in [0.2, 0.25) is 12.2 Å². The molecule has 0 radical (unpaired) electrons. The minimum Gasteiger partial charge on any atom is -0.479 e. The Balaban J connectivity index is 0.684. The quantitative estimate of drug-likeness (QED) is 0.0271. The molecule has 6 aromatic rings. The van der Waals surface area contributed by atoms with Gasteiger partial charge in [0.1, 0.15) is 36.5 Å². The van der Waals surface area contributed by atoms with Gasteiger partial charge in [0.05, 0.1) is 34.5 Å². The van der Waals surface area contributed by atoms with Crippen molar-refractivity contribution in [3.63, 3.8) is 0 Å². The molecular weight excluding hydrogens is 1200 g/mol. The minimum absolute atomic E-state index is 0.0187. The summed E-state index contributed by atoms with van der Waals surface area (Å²) in [6.45, 7) is 8.38. The van der Waals surface area contributed by atoms with Gasteiger partial charge in [-0.1, -0.05) is 61.6 Å². The summed E-state index contributed by atoms with van der Waals surface area (Å²) in [6, 6.07) is 21.9. The van der Waals surface area contributed by atoms with Gasteiger partial charge in [-0.05, 0) is 146 Å². The van der Waals surface area contributed by atoms with Crippen molar-refractivity contribution in [2.75, 3.05) is 43.5 Å². The first kappa shape index (κ1) is 63.7. The number of aliphatic carboxylic acids is 1. The number of aryl methyl sites for hydroxylation is 1. The normalized spacial score (nSPS) is 26.5. The van der Waals surface area contributed by atoms with E-state index in [0.717, 1.165) is 77.7 Å². The lowest BCUT2D eigenvalue weighted by Gasteiger charge is -2.69. The largest absolute Gasteiger partial charge is 0.479 e. The summed E-state index contributed by atoms with van der Waals surface area (Å²) >= 11 is 1.41. The molecule has 13 rings (SSSR count). The molecule has 3 aromatic heterocycles. The van der Waals surface area contributed by atoms with E-state index in [1.54, 1.807) is 43.6 Å². The highest BCUT2D eigenvalue weighted by Gasteiger charge is 2.66. The number of ketones is 2. The number of fused-ring (bicyclic) bond motifs is 2. The van der Waals surface area contributed by atoms with Crippen molar-refractivity contribution in [3.8, 4) is 16.9 Å². The number of para-hydroxylation sites is 1. The number of ether oxygens (including phenoxy) is 4. The summed E-state index contributed by atoms with van der Waals surface area (Å²) in [7, 11) is 1.59. The molecule has 92 heavy (non-hydrogen) atoms. The van der Waals surface area contributed by atoms with Gasteiger partial charge in [0.15, 0.2) is 28.5 Å². The van der Waals surface area contributed by atoms with Crippen LogP contribution in [0.2, 0.25) is 0 Å². The molecule has 5 aliphatic carbocycles. The standard InChI is InChI=1S/C67H74N8O16S/c1-37-44(41-16-19-51(71-53(41)59(83)84)74-22-20-39-10-7-11-42(45(39)28-74)58(82)72-62-70-46-12-5-6-13-50(46)92-62)27-69-75(37)36-66-31-64(2)30-65(3,32-66)34-67(33-64,35-66)89-24-23-73(4)63(87)88-29-40-15-14-38(9-8-21-68-52(78)26-43-47(76)17-18-48(43)77)25-49(40)90-61-56(81)54(79)55(80)57(91-61)60(85)86/h5-7,10-19,25,27,43,54-57,61,79-81H,8-9,20-24,26,28-36H2,1-4H3,(H,68,78)(H,83,84)(H,85,86)(H,70,72,82)/t54-,55-,56+,57-,61?,64?,65?,66?,67?/m0/s1. The summed E-state index contributed by atoms with van der Waals surface area (Å²) in [5.41, 5.74) is 5.19. The van der Waals surface area contributed by atoms with E-state index in [9.17, 15) is 59.1 Å². The van der Waals surface area contributed by atoms with E-state index in [1.807, 2.05) is 59.0 Å². The van der Waals surface area contributed by atoms with Crippen molar-refractivity contribution in [1.29, 1.82) is 0 Å². The summed E-state index contributed by atoms with van der Waals surface area (Å²) < 4.78 is 27.2. The fraction of sp³-hybridized carbons (Fsp3) is 0.463. The second kappa shape index (κ2) is 25.2. The van der Waals surface area contributed by atoms with Crippen LogP contribution in [-0.2, 0) is 65.9 Å². The van der Waals surface area contributed by atoms with Crippen molar-refractivity contribution in [1.82, 2.24) is 30.0 Å². The molecule has 3 aromatic carbocycles. The number of nitrogens with zero attached hydrogens (tertiary/aromatic N) is 6. The number of amides is 3. The van der Waals surface area contributed by atoms with E-state index in [-0.39, 0.29) is 66.3 Å². The lowest BCUT2D eigenvalue weighted by molar-refractivity contribution is -0.271. The third kappa shape index (κ3) is 13.0. The molecule has 3 unspecified atom stereocenters. The molecular formula is C67H74N8O16S.